The van der Waals surface area contributed by atoms with Crippen molar-refractivity contribution >= 4 is 11.9 Å². The normalized spacial score (nSPS) is 45.9. The molecular formula is C44H64O13. The summed E-state index contributed by atoms with van der Waals surface area (Å²) in [6.07, 6.45) is -1.88. The second-order valence-electron chi connectivity index (χ2n) is 20.6. The third kappa shape index (κ3) is 5.98. The Balaban J connectivity index is 1.17. The Labute approximate surface area is 335 Å². The number of hydrogen-bond donors (Lipinski definition) is 8. The average Bonchev–Trinajstić information content (AvgIpc) is 3.14. The summed E-state index contributed by atoms with van der Waals surface area (Å²) in [6, 6.07) is 1.77. The largest absolute Gasteiger partial charge is 0.504 e. The van der Waals surface area contributed by atoms with Gasteiger partial charge in [-0.25, -0.2) is 4.79 Å². The van der Waals surface area contributed by atoms with Crippen molar-refractivity contribution in [3.63, 3.8) is 0 Å². The van der Waals surface area contributed by atoms with Crippen LogP contribution in [0.25, 0.3) is 0 Å². The molecule has 1 aromatic carbocycles. The first-order chi connectivity index (χ1) is 26.4. The van der Waals surface area contributed by atoms with E-state index in [4.69, 9.17) is 14.2 Å². The summed E-state index contributed by atoms with van der Waals surface area (Å²) >= 11 is 0. The Morgan fingerprint density at radius 2 is 1.46 bits per heavy atom. The van der Waals surface area contributed by atoms with Crippen LogP contribution >= 0.6 is 0 Å². The van der Waals surface area contributed by atoms with Crippen LogP contribution in [-0.4, -0.2) is 102 Å². The van der Waals surface area contributed by atoms with Gasteiger partial charge in [0.05, 0.1) is 23.2 Å². The third-order valence-corrected chi connectivity index (χ3v) is 17.4. The van der Waals surface area contributed by atoms with Crippen LogP contribution < -0.4 is 0 Å². The van der Waals surface area contributed by atoms with E-state index in [1.54, 1.807) is 0 Å². The van der Waals surface area contributed by atoms with E-state index in [2.05, 4.69) is 61.5 Å². The first-order valence-corrected chi connectivity index (χ1v) is 20.8. The number of aliphatic hydroxyl groups is 5. The minimum Gasteiger partial charge on any atom is -0.504 e. The summed E-state index contributed by atoms with van der Waals surface area (Å²) < 4.78 is 17.2. The lowest BCUT2D eigenvalue weighted by Crippen LogP contribution is -2.68. The number of fused-ring (bicyclic) bond motifs is 7. The number of carbonyl (C=O) groups is 2. The van der Waals surface area contributed by atoms with Gasteiger partial charge >= 0.3 is 11.9 Å². The van der Waals surface area contributed by atoms with E-state index in [-0.39, 0.29) is 50.9 Å². The van der Waals surface area contributed by atoms with Crippen LogP contribution in [0.1, 0.15) is 117 Å². The predicted octanol–water partition coefficient (Wildman–Crippen LogP) is 4.69. The van der Waals surface area contributed by atoms with Crippen LogP contribution in [0.3, 0.4) is 0 Å². The van der Waals surface area contributed by atoms with E-state index in [9.17, 15) is 50.4 Å². The highest BCUT2D eigenvalue weighted by atomic mass is 16.7. The molecule has 13 nitrogen and oxygen atoms in total. The van der Waals surface area contributed by atoms with E-state index in [0.29, 0.717) is 25.7 Å². The van der Waals surface area contributed by atoms with Crippen molar-refractivity contribution in [3.8, 4) is 17.2 Å². The molecule has 6 aliphatic rings. The van der Waals surface area contributed by atoms with Crippen molar-refractivity contribution in [3.05, 3.63) is 29.3 Å². The zero-order chi connectivity index (χ0) is 42.0. The Kier molecular flexibility index (Phi) is 10.2. The highest BCUT2D eigenvalue weighted by molar-refractivity contribution is 5.91. The van der Waals surface area contributed by atoms with Crippen molar-refractivity contribution in [2.75, 3.05) is 6.61 Å². The number of benzene rings is 1. The Bertz CT molecular complexity index is 1780. The Morgan fingerprint density at radius 1 is 0.807 bits per heavy atom. The van der Waals surface area contributed by atoms with Crippen LogP contribution in [0.4, 0.5) is 0 Å². The molecule has 0 aromatic heterocycles. The van der Waals surface area contributed by atoms with Gasteiger partial charge in [0.1, 0.15) is 31.0 Å². The summed E-state index contributed by atoms with van der Waals surface area (Å²) in [7, 11) is 0. The predicted molar refractivity (Wildman–Crippen MR) is 205 cm³/mol. The maximum absolute atomic E-state index is 14.9. The maximum atomic E-state index is 14.9. The Morgan fingerprint density at radius 3 is 2.11 bits per heavy atom. The fourth-order valence-corrected chi connectivity index (χ4v) is 13.6. The van der Waals surface area contributed by atoms with Gasteiger partial charge in [-0.2, -0.15) is 0 Å². The van der Waals surface area contributed by atoms with E-state index >= 15 is 0 Å². The summed E-state index contributed by atoms with van der Waals surface area (Å²) in [5.41, 5.74) is -1.44. The number of hydrogen-bond acceptors (Lipinski definition) is 13. The number of allylic oxidation sites excluding steroid dienone is 2. The summed E-state index contributed by atoms with van der Waals surface area (Å²) in [6.45, 7) is 17.4. The minimum atomic E-state index is -1.81. The minimum absolute atomic E-state index is 0.154. The van der Waals surface area contributed by atoms with Gasteiger partial charge in [-0.05, 0) is 108 Å². The molecule has 1 heterocycles. The molecule has 13 heteroatoms. The van der Waals surface area contributed by atoms with Crippen LogP contribution in [0.2, 0.25) is 0 Å². The van der Waals surface area contributed by atoms with Crippen LogP contribution in [0.5, 0.6) is 17.2 Å². The molecule has 0 amide bonds. The highest BCUT2D eigenvalue weighted by Gasteiger charge is 2.72. The molecule has 5 fully saturated rings. The van der Waals surface area contributed by atoms with Gasteiger partial charge in [0, 0.05) is 5.92 Å². The summed E-state index contributed by atoms with van der Waals surface area (Å²) in [5.74, 6) is -3.38. The van der Waals surface area contributed by atoms with Crippen molar-refractivity contribution in [1.29, 1.82) is 0 Å². The number of aliphatic hydroxyl groups excluding tert-OH is 5. The molecule has 0 radical (unpaired) electrons. The number of esters is 2. The van der Waals surface area contributed by atoms with Crippen LogP contribution in [0, 0.1) is 56.2 Å². The number of ether oxygens (including phenoxy) is 3. The standard InChI is InChI=1S/C44H64O13/c1-21-11-14-44(38(54)57-37-33(51)32(50)31(49)27(56-37)20-55-36(53)22-17-24(45)30(48)25(46)18-22)16-15-42(7)23(34(44)39(21,2)3)9-10-29-41(6)19-26(47)35(52)40(4,5)28(41)12-13-43(29,42)8/h9,17-18,21,26-29,31-35,37,45-52H,10-16,19-20H2,1-8H3/t21-,26-,27+,28+,29-,31+,32-,33+,34-,35+,37-,41+,42-,43-,44+/m1/s1. The van der Waals surface area contributed by atoms with Gasteiger partial charge in [0.25, 0.3) is 0 Å². The molecular weight excluding hydrogens is 736 g/mol. The number of rotatable bonds is 5. The summed E-state index contributed by atoms with van der Waals surface area (Å²) in [5, 5.41) is 84.5. The van der Waals surface area contributed by atoms with Crippen molar-refractivity contribution in [2.45, 2.75) is 150 Å². The molecule has 318 valence electrons. The quantitative estimate of drug-likeness (QED) is 0.115. The second kappa shape index (κ2) is 13.8. The molecule has 15 atom stereocenters. The number of aromatic hydroxyl groups is 3. The fourth-order valence-electron chi connectivity index (χ4n) is 13.6. The van der Waals surface area contributed by atoms with Gasteiger partial charge in [-0.3, -0.25) is 4.79 Å². The number of phenols is 3. The maximum Gasteiger partial charge on any atom is 0.338 e. The molecule has 0 spiro atoms. The second-order valence-corrected chi connectivity index (χ2v) is 20.6. The smallest absolute Gasteiger partial charge is 0.338 e. The first kappa shape index (κ1) is 42.2. The van der Waals surface area contributed by atoms with Crippen molar-refractivity contribution < 1.29 is 64.7 Å². The van der Waals surface area contributed by atoms with Crippen LogP contribution in [-0.2, 0) is 19.0 Å². The van der Waals surface area contributed by atoms with E-state index in [1.807, 2.05) is 0 Å². The fraction of sp³-hybridized carbons (Fsp3) is 0.773. The van der Waals surface area contributed by atoms with E-state index in [0.717, 1.165) is 37.8 Å². The Hall–Kier alpha value is -2.94. The molecule has 7 rings (SSSR count). The molecule has 1 aromatic rings. The first-order valence-electron chi connectivity index (χ1n) is 20.8. The lowest BCUT2D eigenvalue weighted by atomic mass is 9.32. The molecule has 1 aliphatic heterocycles. The molecule has 8 N–H and O–H groups in total. The van der Waals surface area contributed by atoms with E-state index < -0.39 is 89.5 Å². The molecule has 0 bridgehead atoms. The SMILES string of the molecule is C[C@@H]1CC[C@]2(C(=O)O[C@H]3O[C@@H](COC(=O)c4cc(O)c(O)c(O)c4)[C@H](O)[C@@H](O)[C@@H]3O)CC[C@]3(C)C(=CC[C@@H]4[C@@]5(C)C[C@@H](O)[C@H](O)C(C)(C)[C@@H]5CC[C@]43C)[C@@H]2C1(C)C. The van der Waals surface area contributed by atoms with Gasteiger partial charge in [0.2, 0.25) is 6.29 Å². The van der Waals surface area contributed by atoms with Gasteiger partial charge in [0.15, 0.2) is 17.2 Å². The van der Waals surface area contributed by atoms with Gasteiger partial charge in [-0.1, -0.05) is 67.0 Å². The zero-order valence-corrected chi connectivity index (χ0v) is 34.6. The molecule has 0 unspecified atom stereocenters. The lowest BCUT2D eigenvalue weighted by molar-refractivity contribution is -0.298. The number of phenolic OH excluding ortho intramolecular Hbond substituents is 3. The summed E-state index contributed by atoms with van der Waals surface area (Å²) in [4.78, 5) is 27.7. The number of carbonyl (C=O) groups excluding carboxylic acids is 2. The average molecular weight is 801 g/mol. The van der Waals surface area contributed by atoms with E-state index in [1.165, 1.54) is 5.57 Å². The zero-order valence-electron chi connectivity index (χ0n) is 34.6. The third-order valence-electron chi connectivity index (χ3n) is 17.4. The van der Waals surface area contributed by atoms with Gasteiger partial charge < -0.3 is 55.1 Å². The molecule has 4 saturated carbocycles. The van der Waals surface area contributed by atoms with Crippen molar-refractivity contribution in [2.24, 2.45) is 56.2 Å². The lowest BCUT2D eigenvalue weighted by Gasteiger charge is -2.72. The van der Waals surface area contributed by atoms with Gasteiger partial charge in [-0.15, -0.1) is 0 Å². The molecule has 5 aliphatic carbocycles. The molecule has 57 heavy (non-hydrogen) atoms. The monoisotopic (exact) mass is 800 g/mol. The molecule has 1 saturated heterocycles. The topological polar surface area (TPSA) is 224 Å². The highest BCUT2D eigenvalue weighted by Crippen LogP contribution is 2.77. The van der Waals surface area contributed by atoms with Crippen molar-refractivity contribution in [1.82, 2.24) is 0 Å². The van der Waals surface area contributed by atoms with Crippen LogP contribution in [0.15, 0.2) is 23.8 Å².